The van der Waals surface area contributed by atoms with Crippen LogP contribution in [-0.2, 0) is 0 Å². The van der Waals surface area contributed by atoms with Crippen molar-refractivity contribution in [3.05, 3.63) is 87.8 Å². The molecule has 2 aromatic carbocycles. The van der Waals surface area contributed by atoms with Crippen LogP contribution in [0.15, 0.2) is 66.9 Å². The Kier molecular flexibility index (Phi) is 4.74. The normalized spacial score (nSPS) is 11.3. The zero-order chi connectivity index (χ0) is 20.8. The number of aryl methyl sites for hydroxylation is 1. The van der Waals surface area contributed by atoms with E-state index in [0.29, 0.717) is 32.4 Å². The predicted molar refractivity (Wildman–Crippen MR) is 121 cm³/mol. The lowest BCUT2D eigenvalue weighted by molar-refractivity contribution is 0.865. The fourth-order valence-electron chi connectivity index (χ4n) is 3.41. The zero-order valence-electron chi connectivity index (χ0n) is 15.7. The molecule has 3 heterocycles. The van der Waals surface area contributed by atoms with E-state index in [4.69, 9.17) is 44.8 Å². The van der Waals surface area contributed by atoms with Gasteiger partial charge >= 0.3 is 0 Å². The van der Waals surface area contributed by atoms with Crippen LogP contribution in [-0.4, -0.2) is 24.1 Å². The molecule has 0 unspecified atom stereocenters. The van der Waals surface area contributed by atoms with Crippen LogP contribution in [0.5, 0.6) is 0 Å². The van der Waals surface area contributed by atoms with Gasteiger partial charge in [0.2, 0.25) is 0 Å². The van der Waals surface area contributed by atoms with Crippen molar-refractivity contribution < 1.29 is 0 Å². The molecule has 0 amide bonds. The quantitative estimate of drug-likeness (QED) is 0.312. The van der Waals surface area contributed by atoms with Crippen LogP contribution in [0.25, 0.3) is 34.1 Å². The summed E-state index contributed by atoms with van der Waals surface area (Å²) in [6.07, 6.45) is 1.94. The first kappa shape index (κ1) is 19.1. The van der Waals surface area contributed by atoms with Crippen LogP contribution >= 0.6 is 34.8 Å². The molecule has 5 nitrogen and oxygen atoms in total. The number of fused-ring (bicyclic) bond motifs is 1. The van der Waals surface area contributed by atoms with Crippen molar-refractivity contribution in [3.63, 3.8) is 0 Å². The van der Waals surface area contributed by atoms with E-state index in [9.17, 15) is 0 Å². The molecule has 3 aromatic heterocycles. The Bertz CT molecular complexity index is 1390. The summed E-state index contributed by atoms with van der Waals surface area (Å²) in [4.78, 5) is 9.56. The molecule has 30 heavy (non-hydrogen) atoms. The third-order valence-electron chi connectivity index (χ3n) is 4.71. The van der Waals surface area contributed by atoms with E-state index in [0.717, 1.165) is 22.6 Å². The number of imidazole rings is 1. The molecule has 5 aromatic rings. The van der Waals surface area contributed by atoms with Crippen molar-refractivity contribution >= 4 is 40.4 Å². The number of hydrogen-bond acceptors (Lipinski definition) is 3. The first-order valence-corrected chi connectivity index (χ1v) is 10.3. The topological polar surface area (TPSA) is 48.0 Å². The molecule has 0 radical (unpaired) electrons. The highest BCUT2D eigenvalue weighted by Gasteiger charge is 2.23. The maximum absolute atomic E-state index is 6.53. The second kappa shape index (κ2) is 7.43. The Hall–Kier alpha value is -2.86. The van der Waals surface area contributed by atoms with Crippen molar-refractivity contribution in [2.45, 2.75) is 6.92 Å². The third-order valence-corrected chi connectivity index (χ3v) is 5.53. The predicted octanol–water partition coefficient (Wildman–Crippen LogP) is 6.52. The lowest BCUT2D eigenvalue weighted by Gasteiger charge is -2.09. The second-order valence-corrected chi connectivity index (χ2v) is 8.01. The first-order valence-electron chi connectivity index (χ1n) is 9.14. The third kappa shape index (κ3) is 3.25. The molecular weight excluding hydrogens is 441 g/mol. The fourth-order valence-corrected chi connectivity index (χ4v) is 3.91. The number of benzene rings is 2. The van der Waals surface area contributed by atoms with E-state index in [-0.39, 0.29) is 0 Å². The van der Waals surface area contributed by atoms with Gasteiger partial charge in [-0.15, -0.1) is 0 Å². The molecule has 148 valence electrons. The molecule has 0 bridgehead atoms. The molecule has 0 aliphatic heterocycles. The van der Waals surface area contributed by atoms with Gasteiger partial charge in [0.05, 0.1) is 10.7 Å². The van der Waals surface area contributed by atoms with Crippen LogP contribution in [0.1, 0.15) is 5.82 Å². The molecule has 0 saturated carbocycles. The largest absolute Gasteiger partial charge is 0.296 e. The summed E-state index contributed by atoms with van der Waals surface area (Å²) < 4.78 is 3.76. The van der Waals surface area contributed by atoms with Gasteiger partial charge in [0.15, 0.2) is 5.82 Å². The molecule has 5 rings (SSSR count). The highest BCUT2D eigenvalue weighted by atomic mass is 35.5. The van der Waals surface area contributed by atoms with Crippen molar-refractivity contribution in [2.24, 2.45) is 0 Å². The maximum atomic E-state index is 6.53. The van der Waals surface area contributed by atoms with Crippen LogP contribution < -0.4 is 0 Å². The van der Waals surface area contributed by atoms with E-state index in [2.05, 4.69) is 5.10 Å². The van der Waals surface area contributed by atoms with Gasteiger partial charge in [0.1, 0.15) is 22.9 Å². The van der Waals surface area contributed by atoms with E-state index >= 15 is 0 Å². The van der Waals surface area contributed by atoms with E-state index in [1.54, 1.807) is 16.8 Å². The number of rotatable bonds is 3. The van der Waals surface area contributed by atoms with Gasteiger partial charge in [-0.05, 0) is 61.5 Å². The van der Waals surface area contributed by atoms with Crippen LogP contribution in [0.4, 0.5) is 0 Å². The van der Waals surface area contributed by atoms with Crippen molar-refractivity contribution in [2.75, 3.05) is 0 Å². The Morgan fingerprint density at radius 1 is 0.833 bits per heavy atom. The molecule has 0 fully saturated rings. The monoisotopic (exact) mass is 453 g/mol. The number of pyridine rings is 1. The van der Waals surface area contributed by atoms with Gasteiger partial charge in [0, 0.05) is 21.8 Å². The number of aromatic nitrogens is 5. The lowest BCUT2D eigenvalue weighted by Crippen LogP contribution is -2.02. The average molecular weight is 455 g/mol. The number of hydrogen-bond donors (Lipinski definition) is 0. The summed E-state index contributed by atoms with van der Waals surface area (Å²) in [5, 5.41) is 6.39. The van der Waals surface area contributed by atoms with Crippen LogP contribution in [0.3, 0.4) is 0 Å². The van der Waals surface area contributed by atoms with E-state index < -0.39 is 0 Å². The van der Waals surface area contributed by atoms with Crippen molar-refractivity contribution in [3.8, 4) is 28.5 Å². The molecule has 0 aliphatic rings. The number of nitrogens with zero attached hydrogens (tertiary/aromatic N) is 5. The Labute approximate surface area is 187 Å². The molecule has 0 atom stereocenters. The minimum atomic E-state index is 0.554. The van der Waals surface area contributed by atoms with Crippen molar-refractivity contribution in [1.29, 1.82) is 0 Å². The molecule has 0 spiro atoms. The van der Waals surface area contributed by atoms with Crippen molar-refractivity contribution in [1.82, 2.24) is 24.1 Å². The fraction of sp³-hybridized carbons (Fsp3) is 0.0455. The van der Waals surface area contributed by atoms with Gasteiger partial charge in [-0.2, -0.15) is 5.10 Å². The molecular formula is C22H14Cl3N5. The molecule has 0 aliphatic carbocycles. The van der Waals surface area contributed by atoms with Gasteiger partial charge in [0.25, 0.3) is 0 Å². The van der Waals surface area contributed by atoms with E-state index in [1.807, 2.05) is 66.1 Å². The van der Waals surface area contributed by atoms with Crippen LogP contribution in [0.2, 0.25) is 15.1 Å². The molecule has 0 N–H and O–H groups in total. The Morgan fingerprint density at radius 2 is 1.60 bits per heavy atom. The average Bonchev–Trinajstić information content (AvgIpc) is 3.30. The standard InChI is InChI=1S/C22H14Cl3N5/c1-13-26-22(30(28-13)16-8-5-14(23)6-9-16)21-20(17-12-15(24)7-10-18(17)25)27-19-4-2-3-11-29(19)21/h2-12H,1H3. The molecule has 8 heteroatoms. The molecule has 0 saturated heterocycles. The summed E-state index contributed by atoms with van der Waals surface area (Å²) in [6, 6.07) is 18.6. The highest BCUT2D eigenvalue weighted by molar-refractivity contribution is 6.35. The summed E-state index contributed by atoms with van der Waals surface area (Å²) in [7, 11) is 0. The smallest absolute Gasteiger partial charge is 0.182 e. The minimum absolute atomic E-state index is 0.554. The lowest BCUT2D eigenvalue weighted by atomic mass is 10.1. The first-order chi connectivity index (χ1) is 14.5. The maximum Gasteiger partial charge on any atom is 0.182 e. The highest BCUT2D eigenvalue weighted by Crippen LogP contribution is 2.37. The number of halogens is 3. The minimum Gasteiger partial charge on any atom is -0.296 e. The summed E-state index contributed by atoms with van der Waals surface area (Å²) >= 11 is 18.9. The Morgan fingerprint density at radius 3 is 2.40 bits per heavy atom. The zero-order valence-corrected chi connectivity index (χ0v) is 18.0. The van der Waals surface area contributed by atoms with Crippen LogP contribution in [0, 0.1) is 6.92 Å². The summed E-state index contributed by atoms with van der Waals surface area (Å²) in [5.41, 5.74) is 3.78. The SMILES string of the molecule is Cc1nc(-c2c(-c3cc(Cl)ccc3Cl)nc3ccccn23)n(-c2ccc(Cl)cc2)n1. The van der Waals surface area contributed by atoms with Gasteiger partial charge in [-0.25, -0.2) is 14.6 Å². The second-order valence-electron chi connectivity index (χ2n) is 6.73. The summed E-state index contributed by atoms with van der Waals surface area (Å²) in [6.45, 7) is 1.85. The van der Waals surface area contributed by atoms with E-state index in [1.165, 1.54) is 0 Å². The summed E-state index contributed by atoms with van der Waals surface area (Å²) in [5.74, 6) is 1.27. The van der Waals surface area contributed by atoms with Gasteiger partial charge < -0.3 is 0 Å². The van der Waals surface area contributed by atoms with Gasteiger partial charge in [-0.3, -0.25) is 4.40 Å². The van der Waals surface area contributed by atoms with Gasteiger partial charge in [-0.1, -0.05) is 40.9 Å². The Balaban J connectivity index is 1.84.